The van der Waals surface area contributed by atoms with Gasteiger partial charge < -0.3 is 0 Å². The molecule has 0 fully saturated rings. The summed E-state index contributed by atoms with van der Waals surface area (Å²) in [6, 6.07) is 0. The number of pyridine rings is 1. The molecule has 1 rings (SSSR count). The molecule has 0 saturated heterocycles. The molecule has 6 heteroatoms. The Morgan fingerprint density at radius 2 is 2.00 bits per heavy atom. The van der Waals surface area contributed by atoms with Crippen molar-refractivity contribution in [1.29, 1.82) is 0 Å². The fraction of sp³-hybridized carbons (Fsp3) is 0.286. The van der Waals surface area contributed by atoms with Crippen molar-refractivity contribution in [2.75, 3.05) is 0 Å². The van der Waals surface area contributed by atoms with E-state index in [0.717, 1.165) is 6.20 Å². The van der Waals surface area contributed by atoms with Crippen LogP contribution < -0.4 is 0 Å². The molecule has 1 aromatic rings. The van der Waals surface area contributed by atoms with Crippen LogP contribution in [-0.4, -0.2) is 4.98 Å². The van der Waals surface area contributed by atoms with E-state index in [4.69, 9.17) is 34.8 Å². The highest BCUT2D eigenvalue weighted by Crippen LogP contribution is 2.32. The van der Waals surface area contributed by atoms with Gasteiger partial charge in [0.15, 0.2) is 0 Å². The van der Waals surface area contributed by atoms with Crippen molar-refractivity contribution in [1.82, 2.24) is 4.98 Å². The van der Waals surface area contributed by atoms with Crippen LogP contribution in [0.25, 0.3) is 0 Å². The maximum Gasteiger partial charge on any atom is 0.266 e. The highest BCUT2D eigenvalue weighted by molar-refractivity contribution is 6.36. The monoisotopic (exact) mass is 245 g/mol. The summed E-state index contributed by atoms with van der Waals surface area (Å²) in [5.41, 5.74) is -0.107. The van der Waals surface area contributed by atoms with Gasteiger partial charge in [-0.15, -0.1) is 11.6 Å². The van der Waals surface area contributed by atoms with Crippen molar-refractivity contribution >= 4 is 34.8 Å². The minimum atomic E-state index is -2.67. The first kappa shape index (κ1) is 11.0. The van der Waals surface area contributed by atoms with Gasteiger partial charge in [-0.05, 0) is 0 Å². The number of hydrogen-bond acceptors (Lipinski definition) is 1. The number of alkyl halides is 3. The standard InChI is InChI=1S/C7H4Cl3F2N/c8-1-3-5(9)4(7(11)12)2-13-6(3)10/h2,7H,1H2. The van der Waals surface area contributed by atoms with Crippen LogP contribution in [0.1, 0.15) is 17.6 Å². The van der Waals surface area contributed by atoms with Crippen LogP contribution in [0.15, 0.2) is 6.20 Å². The summed E-state index contributed by atoms with van der Waals surface area (Å²) in [7, 11) is 0. The van der Waals surface area contributed by atoms with Crippen molar-refractivity contribution in [3.05, 3.63) is 27.5 Å². The maximum absolute atomic E-state index is 12.3. The first-order valence-electron chi connectivity index (χ1n) is 3.24. The molecule has 0 amide bonds. The molecular formula is C7H4Cl3F2N. The van der Waals surface area contributed by atoms with Crippen LogP contribution in [0.3, 0.4) is 0 Å². The summed E-state index contributed by atoms with van der Waals surface area (Å²) >= 11 is 16.7. The molecule has 0 saturated carbocycles. The van der Waals surface area contributed by atoms with E-state index in [1.54, 1.807) is 0 Å². The lowest BCUT2D eigenvalue weighted by Crippen LogP contribution is -1.94. The van der Waals surface area contributed by atoms with Crippen molar-refractivity contribution in [3.63, 3.8) is 0 Å². The number of halogens is 5. The summed E-state index contributed by atoms with van der Waals surface area (Å²) in [4.78, 5) is 3.55. The Hall–Kier alpha value is -0.120. The molecule has 0 aromatic carbocycles. The molecule has 0 spiro atoms. The highest BCUT2D eigenvalue weighted by Gasteiger charge is 2.17. The van der Waals surface area contributed by atoms with Crippen LogP contribution in [0, 0.1) is 0 Å². The van der Waals surface area contributed by atoms with Gasteiger partial charge in [0.1, 0.15) is 5.15 Å². The van der Waals surface area contributed by atoms with Crippen molar-refractivity contribution in [3.8, 4) is 0 Å². The molecule has 0 N–H and O–H groups in total. The Labute approximate surface area is 88.6 Å². The molecule has 1 aromatic heterocycles. The van der Waals surface area contributed by atoms with Gasteiger partial charge in [-0.25, -0.2) is 13.8 Å². The number of aromatic nitrogens is 1. The smallest absolute Gasteiger partial charge is 0.244 e. The minimum Gasteiger partial charge on any atom is -0.244 e. The molecular weight excluding hydrogens is 242 g/mol. The van der Waals surface area contributed by atoms with Gasteiger partial charge in [0.2, 0.25) is 0 Å². The third-order valence-corrected chi connectivity index (χ3v) is 2.49. The molecule has 1 heterocycles. The molecule has 0 radical (unpaired) electrons. The van der Waals surface area contributed by atoms with E-state index in [1.165, 1.54) is 0 Å². The lowest BCUT2D eigenvalue weighted by molar-refractivity contribution is 0.151. The fourth-order valence-electron chi connectivity index (χ4n) is 0.792. The van der Waals surface area contributed by atoms with E-state index in [9.17, 15) is 8.78 Å². The summed E-state index contributed by atoms with van der Waals surface area (Å²) in [6.07, 6.45) is -1.72. The number of hydrogen-bond donors (Lipinski definition) is 0. The molecule has 0 aliphatic rings. The second-order valence-corrected chi connectivity index (χ2v) is 3.23. The van der Waals surface area contributed by atoms with Gasteiger partial charge in [-0.1, -0.05) is 23.2 Å². The molecule has 0 aliphatic heterocycles. The van der Waals surface area contributed by atoms with E-state index < -0.39 is 6.43 Å². The van der Waals surface area contributed by atoms with Gasteiger partial charge in [-0.2, -0.15) is 0 Å². The van der Waals surface area contributed by atoms with Crippen LogP contribution >= 0.6 is 34.8 Å². The quantitative estimate of drug-likeness (QED) is 0.566. The normalized spacial score (nSPS) is 10.9. The van der Waals surface area contributed by atoms with Crippen LogP contribution in [0.5, 0.6) is 0 Å². The van der Waals surface area contributed by atoms with E-state index in [2.05, 4.69) is 4.98 Å². The second kappa shape index (κ2) is 4.40. The van der Waals surface area contributed by atoms with Gasteiger partial charge >= 0.3 is 0 Å². The first-order valence-corrected chi connectivity index (χ1v) is 4.53. The molecule has 0 atom stereocenters. The van der Waals surface area contributed by atoms with Crippen molar-refractivity contribution in [2.24, 2.45) is 0 Å². The van der Waals surface area contributed by atoms with E-state index in [0.29, 0.717) is 0 Å². The average molecular weight is 246 g/mol. The van der Waals surface area contributed by atoms with E-state index in [1.807, 2.05) is 0 Å². The molecule has 0 aliphatic carbocycles. The summed E-state index contributed by atoms with van der Waals surface area (Å²) in [6.45, 7) is 0. The van der Waals surface area contributed by atoms with E-state index in [-0.39, 0.29) is 27.2 Å². The predicted octanol–water partition coefficient (Wildman–Crippen LogP) is 4.06. The lowest BCUT2D eigenvalue weighted by atomic mass is 10.2. The average Bonchev–Trinajstić information content (AvgIpc) is 2.04. The Kier molecular flexibility index (Phi) is 3.71. The molecule has 0 bridgehead atoms. The van der Waals surface area contributed by atoms with Crippen LogP contribution in [0.2, 0.25) is 10.2 Å². The zero-order chi connectivity index (χ0) is 10.0. The van der Waals surface area contributed by atoms with Crippen molar-refractivity contribution < 1.29 is 8.78 Å². The number of nitrogens with zero attached hydrogens (tertiary/aromatic N) is 1. The molecule has 0 unspecified atom stereocenters. The largest absolute Gasteiger partial charge is 0.266 e. The molecule has 1 nitrogen and oxygen atoms in total. The number of rotatable bonds is 2. The van der Waals surface area contributed by atoms with Gasteiger partial charge in [0.05, 0.1) is 16.5 Å². The zero-order valence-corrected chi connectivity index (χ0v) is 8.47. The Balaban J connectivity index is 3.27. The summed E-state index contributed by atoms with van der Waals surface area (Å²) in [5.74, 6) is -0.0365. The zero-order valence-electron chi connectivity index (χ0n) is 6.20. The van der Waals surface area contributed by atoms with Crippen LogP contribution in [-0.2, 0) is 5.88 Å². The Morgan fingerprint density at radius 1 is 1.38 bits per heavy atom. The summed E-state index contributed by atoms with van der Waals surface area (Å²) in [5, 5.41) is -0.0469. The first-order chi connectivity index (χ1) is 6.07. The van der Waals surface area contributed by atoms with Gasteiger partial charge in [0.25, 0.3) is 6.43 Å². The third-order valence-electron chi connectivity index (χ3n) is 1.45. The highest BCUT2D eigenvalue weighted by atomic mass is 35.5. The Morgan fingerprint density at radius 3 is 2.46 bits per heavy atom. The summed E-state index contributed by atoms with van der Waals surface area (Å²) < 4.78 is 24.5. The van der Waals surface area contributed by atoms with Gasteiger partial charge in [-0.3, -0.25) is 0 Å². The SMILES string of the molecule is FC(F)c1cnc(Cl)c(CCl)c1Cl. The molecule has 13 heavy (non-hydrogen) atoms. The topological polar surface area (TPSA) is 12.9 Å². The fourth-order valence-corrected chi connectivity index (χ4v) is 1.73. The lowest BCUT2D eigenvalue weighted by Gasteiger charge is -2.07. The van der Waals surface area contributed by atoms with Crippen molar-refractivity contribution in [2.45, 2.75) is 12.3 Å². The molecule has 72 valence electrons. The Bertz CT molecular complexity index is 317. The maximum atomic E-state index is 12.3. The minimum absolute atomic E-state index is 0.0365. The third kappa shape index (κ3) is 2.22. The predicted molar refractivity (Wildman–Crippen MR) is 48.8 cm³/mol. The van der Waals surface area contributed by atoms with Crippen LogP contribution in [0.4, 0.5) is 8.78 Å². The van der Waals surface area contributed by atoms with E-state index >= 15 is 0 Å². The van der Waals surface area contributed by atoms with Gasteiger partial charge in [0, 0.05) is 11.8 Å². The second-order valence-electron chi connectivity index (χ2n) is 2.23.